The predicted octanol–water partition coefficient (Wildman–Crippen LogP) is 1.92. The highest BCUT2D eigenvalue weighted by molar-refractivity contribution is 6.71. The van der Waals surface area contributed by atoms with Crippen LogP contribution in [-0.4, -0.2) is 49.2 Å². The number of carbonyl (C=O) groups excluding carboxylic acids is 1. The summed E-state index contributed by atoms with van der Waals surface area (Å²) in [6.07, 6.45) is 4.04. The number of aromatic nitrogens is 4. The van der Waals surface area contributed by atoms with E-state index in [4.69, 9.17) is 0 Å². The Balaban J connectivity index is 1.50. The number of nitrogens with zero attached hydrogens (tertiary/aromatic N) is 6. The Labute approximate surface area is 193 Å². The molecule has 0 radical (unpaired) electrons. The molecule has 1 aliphatic heterocycles. The van der Waals surface area contributed by atoms with E-state index in [2.05, 4.69) is 36.3 Å². The average Bonchev–Trinajstić information content (AvgIpc) is 3.48. The lowest BCUT2D eigenvalue weighted by Gasteiger charge is -2.36. The monoisotopic (exact) mass is 458 g/mol. The number of tetrazole rings is 1. The molecule has 2 unspecified atom stereocenters. The molecule has 2 atom stereocenters. The summed E-state index contributed by atoms with van der Waals surface area (Å²) in [6.45, 7) is 1.61. The molecule has 1 aromatic heterocycles. The van der Waals surface area contributed by atoms with Crippen LogP contribution in [0.1, 0.15) is 18.3 Å². The second kappa shape index (κ2) is 8.45. The number of allylic oxidation sites excluding steroid dienone is 2. The van der Waals surface area contributed by atoms with Crippen molar-refractivity contribution in [1.82, 2.24) is 26.0 Å². The first kappa shape index (κ1) is 21.3. The number of amides is 1. The van der Waals surface area contributed by atoms with Gasteiger partial charge < -0.3 is 5.11 Å². The summed E-state index contributed by atoms with van der Waals surface area (Å²) in [5.74, 6) is -0.840. The minimum absolute atomic E-state index is 0.00697. The molecule has 0 saturated heterocycles. The summed E-state index contributed by atoms with van der Waals surface area (Å²) in [7, 11) is 0. The van der Waals surface area contributed by atoms with Gasteiger partial charge in [-0.2, -0.15) is 15.2 Å². The highest BCUT2D eigenvalue weighted by Crippen LogP contribution is 2.36. The fraction of sp³-hybridized carbons (Fsp3) is 0.130. The van der Waals surface area contributed by atoms with Crippen molar-refractivity contribution in [2.24, 2.45) is 10.2 Å². The number of aliphatic hydroxyl groups excluding tert-OH is 1. The van der Waals surface area contributed by atoms with Gasteiger partial charge in [-0.25, -0.2) is 9.49 Å². The molecule has 10 nitrogen and oxygen atoms in total. The summed E-state index contributed by atoms with van der Waals surface area (Å²) < 4.78 is 13.7. The first-order valence-corrected chi connectivity index (χ1v) is 10.4. The number of aromatic amines is 1. The molecule has 0 bridgehead atoms. The first-order valence-electron chi connectivity index (χ1n) is 10.4. The first-order chi connectivity index (χ1) is 16.5. The minimum atomic E-state index is -1.40. The van der Waals surface area contributed by atoms with E-state index >= 15 is 0 Å². The van der Waals surface area contributed by atoms with Crippen molar-refractivity contribution in [2.75, 3.05) is 5.01 Å². The molecule has 170 valence electrons. The van der Waals surface area contributed by atoms with Crippen LogP contribution in [0.5, 0.6) is 0 Å². The maximum atomic E-state index is 13.7. The number of carbonyl (C=O) groups is 1. The van der Waals surface area contributed by atoms with Gasteiger partial charge in [0, 0.05) is 0 Å². The van der Waals surface area contributed by atoms with E-state index in [-0.39, 0.29) is 17.2 Å². The van der Waals surface area contributed by atoms with E-state index < -0.39 is 23.4 Å². The fourth-order valence-electron chi connectivity index (χ4n) is 3.87. The predicted molar refractivity (Wildman–Crippen MR) is 123 cm³/mol. The molecular weight excluding hydrogens is 439 g/mol. The summed E-state index contributed by atoms with van der Waals surface area (Å²) in [5, 5.41) is 35.0. The van der Waals surface area contributed by atoms with Gasteiger partial charge in [0.05, 0.1) is 11.4 Å². The normalized spacial score (nSPS) is 23.3. The highest BCUT2D eigenvalue weighted by atomic mass is 19.1. The molecule has 2 heterocycles. The molecule has 1 amide bonds. The third kappa shape index (κ3) is 3.57. The minimum Gasteiger partial charge on any atom is -0.385 e. The van der Waals surface area contributed by atoms with Crippen LogP contribution in [0, 0.1) is 5.82 Å². The molecule has 3 aromatic rings. The average molecular weight is 458 g/mol. The number of benzene rings is 2. The van der Waals surface area contributed by atoms with Crippen LogP contribution < -0.4 is 10.4 Å². The zero-order chi connectivity index (χ0) is 23.7. The molecule has 0 fully saturated rings. The van der Waals surface area contributed by atoms with Gasteiger partial charge in [-0.05, 0) is 52.8 Å². The number of hydrazone groups is 2. The number of hydrogen-bond donors (Lipinski definition) is 3. The molecule has 2 aliphatic rings. The summed E-state index contributed by atoms with van der Waals surface area (Å²) in [4.78, 5) is 13.0. The van der Waals surface area contributed by atoms with E-state index in [0.717, 1.165) is 10.6 Å². The van der Waals surface area contributed by atoms with E-state index in [9.17, 15) is 14.3 Å². The molecule has 5 rings (SSSR count). The smallest absolute Gasteiger partial charge is 0.301 e. The van der Waals surface area contributed by atoms with Crippen LogP contribution in [0.25, 0.3) is 5.57 Å². The van der Waals surface area contributed by atoms with E-state index in [0.29, 0.717) is 11.3 Å². The lowest BCUT2D eigenvalue weighted by atomic mass is 9.80. The van der Waals surface area contributed by atoms with Gasteiger partial charge in [0.1, 0.15) is 11.9 Å². The molecule has 1 aliphatic carbocycles. The number of nitrogens with one attached hydrogen (secondary N) is 2. The van der Waals surface area contributed by atoms with Crippen molar-refractivity contribution in [3.05, 3.63) is 90.0 Å². The lowest BCUT2D eigenvalue weighted by Crippen LogP contribution is -2.51. The van der Waals surface area contributed by atoms with E-state index in [1.165, 1.54) is 18.2 Å². The fourth-order valence-corrected chi connectivity index (χ4v) is 3.87. The molecular formula is C23H19FN8O2. The van der Waals surface area contributed by atoms with Crippen LogP contribution in [0.4, 0.5) is 10.1 Å². The van der Waals surface area contributed by atoms with Crippen LogP contribution >= 0.6 is 0 Å². The van der Waals surface area contributed by atoms with Crippen molar-refractivity contribution in [1.29, 1.82) is 0 Å². The molecule has 3 N–H and O–H groups in total. The SMILES string of the molecule is CC1=NN(c2cccc(F)c2)C(=O)C1=NNC1(c2nnn[nH]2)C=CC=C(c2ccccc2)C1O. The largest absolute Gasteiger partial charge is 0.385 e. The van der Waals surface area contributed by atoms with Gasteiger partial charge in [0.2, 0.25) is 0 Å². The van der Waals surface area contributed by atoms with Gasteiger partial charge in [0.15, 0.2) is 17.1 Å². The van der Waals surface area contributed by atoms with Gasteiger partial charge in [0.25, 0.3) is 0 Å². The third-order valence-electron chi connectivity index (χ3n) is 5.60. The van der Waals surface area contributed by atoms with E-state index in [1.54, 1.807) is 31.2 Å². The van der Waals surface area contributed by atoms with Crippen molar-refractivity contribution in [3.8, 4) is 0 Å². The number of aliphatic hydroxyl groups is 1. The maximum absolute atomic E-state index is 13.7. The Morgan fingerprint density at radius 2 is 2.03 bits per heavy atom. The topological polar surface area (TPSA) is 132 Å². The molecule has 2 aromatic carbocycles. The number of rotatable bonds is 5. The molecule has 34 heavy (non-hydrogen) atoms. The Morgan fingerprint density at radius 1 is 1.21 bits per heavy atom. The van der Waals surface area contributed by atoms with E-state index in [1.807, 2.05) is 30.3 Å². The van der Waals surface area contributed by atoms with Crippen LogP contribution in [0.15, 0.2) is 83.0 Å². The van der Waals surface area contributed by atoms with Crippen molar-refractivity contribution in [2.45, 2.75) is 18.6 Å². The zero-order valence-corrected chi connectivity index (χ0v) is 17.9. The van der Waals surface area contributed by atoms with Crippen LogP contribution in [-0.2, 0) is 10.3 Å². The Morgan fingerprint density at radius 3 is 2.76 bits per heavy atom. The maximum Gasteiger partial charge on any atom is 0.301 e. The highest BCUT2D eigenvalue weighted by Gasteiger charge is 2.45. The molecule has 0 saturated carbocycles. The zero-order valence-electron chi connectivity index (χ0n) is 17.9. The quantitative estimate of drug-likeness (QED) is 0.501. The standard InChI is InChI=1S/C23H19FN8O2/c1-14-19(21(34)32(28-14)17-10-5-9-16(24)13-17)25-29-23(22-26-30-31-27-22)12-6-11-18(20(23)33)15-7-3-2-4-8-15/h2-13,20,29,33H,1H3,(H,26,27,30,31). The summed E-state index contributed by atoms with van der Waals surface area (Å²) in [5.41, 5.74) is 3.52. The van der Waals surface area contributed by atoms with Gasteiger partial charge >= 0.3 is 5.91 Å². The second-order valence-corrected chi connectivity index (χ2v) is 7.72. The second-order valence-electron chi connectivity index (χ2n) is 7.72. The third-order valence-corrected chi connectivity index (χ3v) is 5.60. The Hall–Kier alpha value is -4.51. The Bertz CT molecular complexity index is 1350. The molecule has 11 heteroatoms. The summed E-state index contributed by atoms with van der Waals surface area (Å²) >= 11 is 0. The Kier molecular flexibility index (Phi) is 5.30. The summed E-state index contributed by atoms with van der Waals surface area (Å²) in [6, 6.07) is 14.9. The van der Waals surface area contributed by atoms with Crippen molar-refractivity contribution in [3.63, 3.8) is 0 Å². The van der Waals surface area contributed by atoms with Crippen molar-refractivity contribution < 1.29 is 14.3 Å². The van der Waals surface area contributed by atoms with Gasteiger partial charge in [-0.15, -0.1) is 5.10 Å². The van der Waals surface area contributed by atoms with Crippen LogP contribution in [0.3, 0.4) is 0 Å². The number of anilines is 1. The molecule has 0 spiro atoms. The number of hydrogen-bond acceptors (Lipinski definition) is 8. The van der Waals surface area contributed by atoms with Crippen molar-refractivity contribution >= 4 is 28.6 Å². The van der Waals surface area contributed by atoms with Gasteiger partial charge in [-0.1, -0.05) is 48.6 Å². The van der Waals surface area contributed by atoms with Gasteiger partial charge in [-0.3, -0.25) is 10.2 Å². The lowest BCUT2D eigenvalue weighted by molar-refractivity contribution is -0.112. The van der Waals surface area contributed by atoms with Crippen LogP contribution in [0.2, 0.25) is 0 Å². The number of H-pyrrole nitrogens is 1. The number of halogens is 1.